The summed E-state index contributed by atoms with van der Waals surface area (Å²) in [5.74, 6) is -0.464. The van der Waals surface area contributed by atoms with Crippen LogP contribution in [0.5, 0.6) is 11.5 Å². The van der Waals surface area contributed by atoms with Crippen LogP contribution < -0.4 is 10.1 Å². The van der Waals surface area contributed by atoms with Gasteiger partial charge in [-0.2, -0.15) is 0 Å². The Balaban J connectivity index is 2.71. The Morgan fingerprint density at radius 2 is 2.21 bits per heavy atom. The van der Waals surface area contributed by atoms with Crippen LogP contribution in [0.3, 0.4) is 0 Å². The zero-order chi connectivity index (χ0) is 14.3. The van der Waals surface area contributed by atoms with E-state index in [2.05, 4.69) is 5.32 Å². The minimum atomic E-state index is -0.712. The van der Waals surface area contributed by atoms with E-state index in [1.165, 1.54) is 12.1 Å². The lowest BCUT2D eigenvalue weighted by Gasteiger charge is -2.13. The van der Waals surface area contributed by atoms with E-state index in [0.29, 0.717) is 12.1 Å². The minimum Gasteiger partial charge on any atom is -0.504 e. The molecule has 0 bridgehead atoms. The summed E-state index contributed by atoms with van der Waals surface area (Å²) >= 11 is 0. The Morgan fingerprint density at radius 3 is 2.84 bits per heavy atom. The van der Waals surface area contributed by atoms with Crippen molar-refractivity contribution in [2.24, 2.45) is 0 Å². The summed E-state index contributed by atoms with van der Waals surface area (Å²) in [7, 11) is 1.72. The van der Waals surface area contributed by atoms with Crippen molar-refractivity contribution in [2.45, 2.75) is 13.0 Å². The number of rotatable bonds is 7. The number of phenols is 1. The van der Waals surface area contributed by atoms with E-state index in [-0.39, 0.29) is 24.7 Å². The average Bonchev–Trinajstić information content (AvgIpc) is 2.38. The van der Waals surface area contributed by atoms with Crippen LogP contribution >= 0.6 is 0 Å². The molecule has 0 aliphatic rings. The Labute approximate surface area is 112 Å². The maximum atomic E-state index is 11.2. The fourth-order valence-corrected chi connectivity index (χ4v) is 1.50. The van der Waals surface area contributed by atoms with Crippen molar-refractivity contribution in [3.63, 3.8) is 0 Å². The number of hydrogen-bond acceptors (Lipinski definition) is 6. The normalized spacial score (nSPS) is 11.9. The number of carbonyl (C=O) groups excluding carboxylic acids is 1. The first-order valence-electron chi connectivity index (χ1n) is 6.02. The van der Waals surface area contributed by atoms with Crippen molar-refractivity contribution in [2.75, 3.05) is 26.8 Å². The second-order valence-corrected chi connectivity index (χ2v) is 3.89. The summed E-state index contributed by atoms with van der Waals surface area (Å²) in [6.45, 7) is 2.06. The largest absolute Gasteiger partial charge is 0.504 e. The fourth-order valence-electron chi connectivity index (χ4n) is 1.50. The molecule has 0 saturated heterocycles. The van der Waals surface area contributed by atoms with Gasteiger partial charge in [0.25, 0.3) is 0 Å². The van der Waals surface area contributed by atoms with Crippen molar-refractivity contribution in [3.8, 4) is 11.5 Å². The van der Waals surface area contributed by atoms with Gasteiger partial charge in [0.1, 0.15) is 0 Å². The number of ether oxygens (including phenoxy) is 2. The smallest absolute Gasteiger partial charge is 0.344 e. The van der Waals surface area contributed by atoms with Crippen molar-refractivity contribution in [1.82, 2.24) is 5.32 Å². The van der Waals surface area contributed by atoms with E-state index < -0.39 is 12.1 Å². The van der Waals surface area contributed by atoms with Gasteiger partial charge >= 0.3 is 5.97 Å². The van der Waals surface area contributed by atoms with Crippen molar-refractivity contribution in [1.29, 1.82) is 0 Å². The Kier molecular flexibility index (Phi) is 6.11. The van der Waals surface area contributed by atoms with Crippen LogP contribution in [0.4, 0.5) is 0 Å². The molecule has 1 atom stereocenters. The van der Waals surface area contributed by atoms with E-state index in [4.69, 9.17) is 9.47 Å². The lowest BCUT2D eigenvalue weighted by molar-refractivity contribution is -0.145. The summed E-state index contributed by atoms with van der Waals surface area (Å²) in [5.41, 5.74) is 0.589. The second kappa shape index (κ2) is 7.60. The molecule has 0 aliphatic heterocycles. The number of phenolic OH excluding ortho intramolecular Hbond substituents is 1. The first-order chi connectivity index (χ1) is 9.08. The van der Waals surface area contributed by atoms with Crippen LogP contribution in [0, 0.1) is 0 Å². The molecule has 1 rings (SSSR count). The van der Waals surface area contributed by atoms with Gasteiger partial charge in [0, 0.05) is 6.54 Å². The molecule has 0 spiro atoms. The zero-order valence-electron chi connectivity index (χ0n) is 11.0. The van der Waals surface area contributed by atoms with Gasteiger partial charge in [0.15, 0.2) is 18.1 Å². The molecule has 3 N–H and O–H groups in total. The van der Waals surface area contributed by atoms with Crippen LogP contribution in [-0.4, -0.2) is 43.0 Å². The third kappa shape index (κ3) is 4.76. The Hall–Kier alpha value is -1.79. The highest BCUT2D eigenvalue weighted by atomic mass is 16.6. The summed E-state index contributed by atoms with van der Waals surface area (Å²) in [6, 6.07) is 4.50. The van der Waals surface area contributed by atoms with Crippen molar-refractivity contribution < 1.29 is 24.5 Å². The minimum absolute atomic E-state index is 0.0929. The van der Waals surface area contributed by atoms with E-state index in [1.54, 1.807) is 20.0 Å². The predicted octanol–water partition coefficient (Wildman–Crippen LogP) is 0.587. The highest BCUT2D eigenvalue weighted by Gasteiger charge is 2.12. The number of nitrogens with one attached hydrogen (secondary N) is 1. The van der Waals surface area contributed by atoms with Gasteiger partial charge in [-0.05, 0) is 31.7 Å². The van der Waals surface area contributed by atoms with Crippen LogP contribution in [0.25, 0.3) is 0 Å². The van der Waals surface area contributed by atoms with Crippen molar-refractivity contribution in [3.05, 3.63) is 23.8 Å². The predicted molar refractivity (Wildman–Crippen MR) is 69.1 cm³/mol. The first kappa shape index (κ1) is 15.3. The molecular formula is C13H19NO5. The van der Waals surface area contributed by atoms with Crippen LogP contribution in [-0.2, 0) is 9.53 Å². The zero-order valence-corrected chi connectivity index (χ0v) is 11.0. The number of aliphatic hydroxyl groups excluding tert-OH is 1. The molecule has 1 unspecified atom stereocenters. The standard InChI is InChI=1S/C13H19NO5/c1-3-18-13(17)8-19-12-6-9(4-5-10(12)15)11(16)7-14-2/h4-6,11,14-16H,3,7-8H2,1-2H3. The number of esters is 1. The van der Waals surface area contributed by atoms with Gasteiger partial charge in [-0.25, -0.2) is 4.79 Å². The average molecular weight is 269 g/mol. The lowest BCUT2D eigenvalue weighted by Crippen LogP contribution is -2.17. The van der Waals surface area contributed by atoms with Gasteiger partial charge < -0.3 is 25.0 Å². The summed E-state index contributed by atoms with van der Waals surface area (Å²) < 4.78 is 9.88. The fraction of sp³-hybridized carbons (Fsp3) is 0.462. The maximum Gasteiger partial charge on any atom is 0.344 e. The van der Waals surface area contributed by atoms with Crippen molar-refractivity contribution >= 4 is 5.97 Å². The molecule has 0 radical (unpaired) electrons. The number of aromatic hydroxyl groups is 1. The molecule has 106 valence electrons. The number of hydrogen-bond donors (Lipinski definition) is 3. The number of carbonyl (C=O) groups is 1. The third-order valence-corrected chi connectivity index (χ3v) is 2.42. The summed E-state index contributed by atoms with van der Waals surface area (Å²) in [6.07, 6.45) is -0.712. The van der Waals surface area contributed by atoms with Gasteiger partial charge in [0.05, 0.1) is 12.7 Å². The third-order valence-electron chi connectivity index (χ3n) is 2.42. The number of benzene rings is 1. The molecule has 0 amide bonds. The molecule has 0 aliphatic carbocycles. The number of aliphatic hydroxyl groups is 1. The van der Waals surface area contributed by atoms with Gasteiger partial charge in [-0.3, -0.25) is 0 Å². The highest BCUT2D eigenvalue weighted by Crippen LogP contribution is 2.29. The highest BCUT2D eigenvalue weighted by molar-refractivity contribution is 5.71. The van der Waals surface area contributed by atoms with Gasteiger partial charge in [-0.15, -0.1) is 0 Å². The summed E-state index contributed by atoms with van der Waals surface area (Å²) in [4.78, 5) is 11.2. The van der Waals surface area contributed by atoms with Gasteiger partial charge in [0.2, 0.25) is 0 Å². The quantitative estimate of drug-likeness (QED) is 0.628. The SMILES string of the molecule is CCOC(=O)COc1cc(C(O)CNC)ccc1O. The Bertz CT molecular complexity index is 421. The monoisotopic (exact) mass is 269 g/mol. The molecule has 0 saturated carbocycles. The maximum absolute atomic E-state index is 11.2. The Morgan fingerprint density at radius 1 is 1.47 bits per heavy atom. The van der Waals surface area contributed by atoms with E-state index in [0.717, 1.165) is 0 Å². The lowest BCUT2D eigenvalue weighted by atomic mass is 10.1. The second-order valence-electron chi connectivity index (χ2n) is 3.89. The molecule has 6 heteroatoms. The van der Waals surface area contributed by atoms with E-state index in [9.17, 15) is 15.0 Å². The molecule has 0 aromatic heterocycles. The number of likely N-dealkylation sites (N-methyl/N-ethyl adjacent to an activating group) is 1. The topological polar surface area (TPSA) is 88.0 Å². The molecule has 6 nitrogen and oxygen atoms in total. The van der Waals surface area contributed by atoms with Gasteiger partial charge in [-0.1, -0.05) is 6.07 Å². The van der Waals surface area contributed by atoms with Crippen LogP contribution in [0.2, 0.25) is 0 Å². The first-order valence-corrected chi connectivity index (χ1v) is 6.02. The van der Waals surface area contributed by atoms with E-state index >= 15 is 0 Å². The molecule has 1 aromatic rings. The molecular weight excluding hydrogens is 250 g/mol. The molecule has 0 fully saturated rings. The molecule has 19 heavy (non-hydrogen) atoms. The molecule has 0 heterocycles. The van der Waals surface area contributed by atoms with Crippen LogP contribution in [0.15, 0.2) is 18.2 Å². The van der Waals surface area contributed by atoms with Crippen LogP contribution in [0.1, 0.15) is 18.6 Å². The van der Waals surface area contributed by atoms with E-state index in [1.807, 2.05) is 0 Å². The summed E-state index contributed by atoms with van der Waals surface area (Å²) in [5, 5.41) is 22.3. The molecule has 1 aromatic carbocycles.